The Labute approximate surface area is 85.6 Å². The van der Waals surface area contributed by atoms with E-state index in [1.54, 1.807) is 0 Å². The lowest BCUT2D eigenvalue weighted by atomic mass is 10.00. The van der Waals surface area contributed by atoms with Gasteiger partial charge in [0.1, 0.15) is 0 Å². The zero-order chi connectivity index (χ0) is 10.6. The average molecular weight is 199 g/mol. The maximum Gasteiger partial charge on any atom is 0.234 e. The van der Waals surface area contributed by atoms with Crippen LogP contribution in [0, 0.1) is 5.92 Å². The summed E-state index contributed by atoms with van der Waals surface area (Å²) in [5.41, 5.74) is 10.9. The molecule has 4 nitrogen and oxygen atoms in total. The van der Waals surface area contributed by atoms with Crippen LogP contribution in [0.25, 0.3) is 0 Å². The van der Waals surface area contributed by atoms with E-state index in [0.717, 1.165) is 25.9 Å². The minimum absolute atomic E-state index is 0.0576. The maximum absolute atomic E-state index is 11.2. The quantitative estimate of drug-likeness (QED) is 0.665. The first kappa shape index (κ1) is 11.5. The van der Waals surface area contributed by atoms with E-state index < -0.39 is 0 Å². The van der Waals surface area contributed by atoms with Gasteiger partial charge in [0.25, 0.3) is 0 Å². The van der Waals surface area contributed by atoms with Crippen molar-refractivity contribution in [3.05, 3.63) is 0 Å². The predicted octanol–water partition coefficient (Wildman–Crippen LogP) is -0.0790. The maximum atomic E-state index is 11.2. The van der Waals surface area contributed by atoms with Gasteiger partial charge < -0.3 is 11.5 Å². The van der Waals surface area contributed by atoms with Gasteiger partial charge in [-0.3, -0.25) is 9.69 Å². The van der Waals surface area contributed by atoms with Gasteiger partial charge in [-0.1, -0.05) is 13.3 Å². The van der Waals surface area contributed by atoms with E-state index >= 15 is 0 Å². The van der Waals surface area contributed by atoms with Crippen LogP contribution in [0.15, 0.2) is 0 Å². The molecule has 1 rings (SSSR count). The first-order chi connectivity index (χ1) is 6.65. The van der Waals surface area contributed by atoms with Crippen LogP contribution in [0.3, 0.4) is 0 Å². The molecule has 0 radical (unpaired) electrons. The van der Waals surface area contributed by atoms with E-state index in [-0.39, 0.29) is 11.9 Å². The standard InChI is InChI=1S/C10H21N3O/c1-8(6-11)7-13-5-3-2-4-9(13)10(12)14/h8-9H,2-7,11H2,1H3,(H2,12,14). The molecule has 0 aromatic carbocycles. The Morgan fingerprint density at radius 3 is 2.86 bits per heavy atom. The van der Waals surface area contributed by atoms with Crippen molar-refractivity contribution in [3.8, 4) is 0 Å². The molecule has 1 amide bonds. The Hall–Kier alpha value is -0.610. The second-order valence-corrected chi connectivity index (χ2v) is 4.25. The number of rotatable bonds is 4. The number of carbonyl (C=O) groups excluding carboxylic acids is 1. The zero-order valence-electron chi connectivity index (χ0n) is 8.91. The SMILES string of the molecule is CC(CN)CN1CCCCC1C(N)=O. The molecule has 14 heavy (non-hydrogen) atoms. The lowest BCUT2D eigenvalue weighted by molar-refractivity contribution is -0.124. The van der Waals surface area contributed by atoms with Gasteiger partial charge in [0, 0.05) is 6.54 Å². The predicted molar refractivity (Wildman–Crippen MR) is 56.6 cm³/mol. The van der Waals surface area contributed by atoms with Gasteiger partial charge in [-0.15, -0.1) is 0 Å². The van der Waals surface area contributed by atoms with E-state index in [9.17, 15) is 4.79 Å². The summed E-state index contributed by atoms with van der Waals surface area (Å²) in [6, 6.07) is -0.0576. The number of primary amides is 1. The molecule has 4 N–H and O–H groups in total. The van der Waals surface area contributed by atoms with Crippen molar-refractivity contribution in [2.24, 2.45) is 17.4 Å². The van der Waals surface area contributed by atoms with Gasteiger partial charge in [-0.2, -0.15) is 0 Å². The van der Waals surface area contributed by atoms with Crippen molar-refractivity contribution < 1.29 is 4.79 Å². The summed E-state index contributed by atoms with van der Waals surface area (Å²) >= 11 is 0. The summed E-state index contributed by atoms with van der Waals surface area (Å²) in [5.74, 6) is 0.254. The summed E-state index contributed by atoms with van der Waals surface area (Å²) in [5, 5.41) is 0. The fourth-order valence-electron chi connectivity index (χ4n) is 2.01. The molecule has 2 atom stereocenters. The molecule has 1 saturated heterocycles. The smallest absolute Gasteiger partial charge is 0.234 e. The number of nitrogens with two attached hydrogens (primary N) is 2. The summed E-state index contributed by atoms with van der Waals surface area (Å²) in [6.45, 7) is 4.65. The molecule has 1 heterocycles. The third-order valence-electron chi connectivity index (χ3n) is 2.89. The Balaban J connectivity index is 2.49. The lowest BCUT2D eigenvalue weighted by Gasteiger charge is -2.35. The zero-order valence-corrected chi connectivity index (χ0v) is 8.91. The molecule has 1 aliphatic rings. The number of hydrogen-bond acceptors (Lipinski definition) is 3. The van der Waals surface area contributed by atoms with Gasteiger partial charge in [-0.25, -0.2) is 0 Å². The second-order valence-electron chi connectivity index (χ2n) is 4.25. The molecule has 0 saturated carbocycles. The third kappa shape index (κ3) is 2.96. The molecule has 2 unspecified atom stereocenters. The van der Waals surface area contributed by atoms with Crippen molar-refractivity contribution in [1.82, 2.24) is 4.90 Å². The summed E-state index contributed by atoms with van der Waals surface area (Å²) < 4.78 is 0. The van der Waals surface area contributed by atoms with Crippen LogP contribution in [0.2, 0.25) is 0 Å². The number of carbonyl (C=O) groups is 1. The number of piperidine rings is 1. The minimum atomic E-state index is -0.186. The van der Waals surface area contributed by atoms with Crippen molar-refractivity contribution in [1.29, 1.82) is 0 Å². The van der Waals surface area contributed by atoms with E-state index in [4.69, 9.17) is 11.5 Å². The van der Waals surface area contributed by atoms with Crippen LogP contribution in [-0.2, 0) is 4.79 Å². The van der Waals surface area contributed by atoms with Gasteiger partial charge >= 0.3 is 0 Å². The van der Waals surface area contributed by atoms with Crippen molar-refractivity contribution in [2.75, 3.05) is 19.6 Å². The van der Waals surface area contributed by atoms with E-state index in [0.29, 0.717) is 12.5 Å². The minimum Gasteiger partial charge on any atom is -0.368 e. The number of nitrogens with zero attached hydrogens (tertiary/aromatic N) is 1. The molecule has 0 aromatic heterocycles. The van der Waals surface area contributed by atoms with E-state index in [1.807, 2.05) is 0 Å². The molecular weight excluding hydrogens is 178 g/mol. The first-order valence-corrected chi connectivity index (χ1v) is 5.38. The molecule has 1 aliphatic heterocycles. The van der Waals surface area contributed by atoms with Crippen molar-refractivity contribution in [3.63, 3.8) is 0 Å². The van der Waals surface area contributed by atoms with Crippen LogP contribution in [0.1, 0.15) is 26.2 Å². The van der Waals surface area contributed by atoms with Crippen molar-refractivity contribution >= 4 is 5.91 Å². The normalized spacial score (nSPS) is 26.0. The summed E-state index contributed by atoms with van der Waals surface area (Å²) in [7, 11) is 0. The Bertz CT molecular complexity index is 196. The van der Waals surface area contributed by atoms with Crippen LogP contribution in [0.5, 0.6) is 0 Å². The molecule has 0 bridgehead atoms. The lowest BCUT2D eigenvalue weighted by Crippen LogP contribution is -2.49. The number of hydrogen-bond donors (Lipinski definition) is 2. The highest BCUT2D eigenvalue weighted by atomic mass is 16.1. The van der Waals surface area contributed by atoms with Crippen LogP contribution < -0.4 is 11.5 Å². The first-order valence-electron chi connectivity index (χ1n) is 5.38. The molecule has 4 heteroatoms. The molecule has 82 valence electrons. The highest BCUT2D eigenvalue weighted by Crippen LogP contribution is 2.17. The monoisotopic (exact) mass is 199 g/mol. The van der Waals surface area contributed by atoms with Gasteiger partial charge in [0.2, 0.25) is 5.91 Å². The van der Waals surface area contributed by atoms with Crippen LogP contribution >= 0.6 is 0 Å². The molecule has 1 fully saturated rings. The van der Waals surface area contributed by atoms with Gasteiger partial charge in [0.05, 0.1) is 6.04 Å². The van der Waals surface area contributed by atoms with Crippen LogP contribution in [-0.4, -0.2) is 36.5 Å². The topological polar surface area (TPSA) is 72.3 Å². The summed E-state index contributed by atoms with van der Waals surface area (Å²) in [6.07, 6.45) is 3.19. The van der Waals surface area contributed by atoms with E-state index in [2.05, 4.69) is 11.8 Å². The largest absolute Gasteiger partial charge is 0.368 e. The fourth-order valence-corrected chi connectivity index (χ4v) is 2.01. The Morgan fingerprint density at radius 2 is 2.29 bits per heavy atom. The van der Waals surface area contributed by atoms with Gasteiger partial charge in [0.15, 0.2) is 0 Å². The highest BCUT2D eigenvalue weighted by molar-refractivity contribution is 5.79. The fraction of sp³-hybridized carbons (Fsp3) is 0.900. The molecule has 0 aromatic rings. The Kier molecular flexibility index (Phi) is 4.35. The average Bonchev–Trinajstić information content (AvgIpc) is 2.18. The molecular formula is C10H21N3O. The van der Waals surface area contributed by atoms with Crippen LogP contribution in [0.4, 0.5) is 0 Å². The molecule has 0 spiro atoms. The van der Waals surface area contributed by atoms with E-state index in [1.165, 1.54) is 6.42 Å². The third-order valence-corrected chi connectivity index (χ3v) is 2.89. The second kappa shape index (κ2) is 5.32. The summed E-state index contributed by atoms with van der Waals surface area (Å²) in [4.78, 5) is 13.4. The molecule has 0 aliphatic carbocycles. The Morgan fingerprint density at radius 1 is 1.57 bits per heavy atom. The highest BCUT2D eigenvalue weighted by Gasteiger charge is 2.27. The van der Waals surface area contributed by atoms with Crippen molar-refractivity contribution in [2.45, 2.75) is 32.2 Å². The van der Waals surface area contributed by atoms with Gasteiger partial charge in [-0.05, 0) is 31.8 Å². The number of likely N-dealkylation sites (tertiary alicyclic amines) is 1. The number of amides is 1.